The van der Waals surface area contributed by atoms with Gasteiger partial charge in [0.15, 0.2) is 5.84 Å². The van der Waals surface area contributed by atoms with Gasteiger partial charge in [-0.05, 0) is 37.1 Å². The second kappa shape index (κ2) is 5.39. The molecule has 0 bridgehead atoms. The van der Waals surface area contributed by atoms with E-state index in [1.807, 2.05) is 19.1 Å². The first-order valence-corrected chi connectivity index (χ1v) is 5.29. The number of oxime groups is 1. The van der Waals surface area contributed by atoms with Gasteiger partial charge in [0.2, 0.25) is 0 Å². The molecule has 88 valence electrons. The van der Waals surface area contributed by atoms with Gasteiger partial charge in [-0.1, -0.05) is 19.0 Å². The van der Waals surface area contributed by atoms with Crippen LogP contribution in [0, 0.1) is 5.92 Å². The fourth-order valence-electron chi connectivity index (χ4n) is 1.11. The quantitative estimate of drug-likeness (QED) is 0.355. The van der Waals surface area contributed by atoms with Crippen LogP contribution in [-0.2, 0) is 0 Å². The van der Waals surface area contributed by atoms with E-state index in [9.17, 15) is 0 Å². The third-order valence-corrected chi connectivity index (χ3v) is 2.52. The Morgan fingerprint density at radius 1 is 1.25 bits per heavy atom. The van der Waals surface area contributed by atoms with E-state index in [1.54, 1.807) is 12.1 Å². The summed E-state index contributed by atoms with van der Waals surface area (Å²) in [6.07, 6.45) is 0.162. The van der Waals surface area contributed by atoms with Crippen LogP contribution < -0.4 is 10.5 Å². The third kappa shape index (κ3) is 3.15. The van der Waals surface area contributed by atoms with E-state index in [1.165, 1.54) is 0 Å². The molecule has 16 heavy (non-hydrogen) atoms. The van der Waals surface area contributed by atoms with E-state index < -0.39 is 0 Å². The number of hydrogen-bond acceptors (Lipinski definition) is 3. The van der Waals surface area contributed by atoms with Crippen LogP contribution in [0.5, 0.6) is 5.75 Å². The topological polar surface area (TPSA) is 67.8 Å². The van der Waals surface area contributed by atoms with Gasteiger partial charge in [-0.25, -0.2) is 0 Å². The van der Waals surface area contributed by atoms with Crippen molar-refractivity contribution in [1.29, 1.82) is 0 Å². The van der Waals surface area contributed by atoms with E-state index in [2.05, 4.69) is 19.0 Å². The molecule has 1 atom stereocenters. The minimum Gasteiger partial charge on any atom is -0.490 e. The zero-order valence-corrected chi connectivity index (χ0v) is 9.84. The largest absolute Gasteiger partial charge is 0.490 e. The summed E-state index contributed by atoms with van der Waals surface area (Å²) in [5.74, 6) is 1.35. The van der Waals surface area contributed by atoms with Gasteiger partial charge in [-0.3, -0.25) is 0 Å². The SMILES string of the molecule is CC(C)C(C)Oc1ccc(C(N)=NO)cc1. The highest BCUT2D eigenvalue weighted by molar-refractivity contribution is 5.97. The predicted octanol–water partition coefficient (Wildman–Crippen LogP) is 2.20. The number of rotatable bonds is 4. The summed E-state index contributed by atoms with van der Waals surface area (Å²) in [4.78, 5) is 0. The van der Waals surface area contributed by atoms with Gasteiger partial charge in [-0.15, -0.1) is 0 Å². The first kappa shape index (κ1) is 12.4. The summed E-state index contributed by atoms with van der Waals surface area (Å²) in [6.45, 7) is 6.24. The molecule has 1 aromatic carbocycles. The lowest BCUT2D eigenvalue weighted by molar-refractivity contribution is 0.170. The number of nitrogens with zero attached hydrogens (tertiary/aromatic N) is 1. The lowest BCUT2D eigenvalue weighted by Gasteiger charge is -2.18. The fraction of sp³-hybridized carbons (Fsp3) is 0.417. The summed E-state index contributed by atoms with van der Waals surface area (Å²) < 4.78 is 5.70. The van der Waals surface area contributed by atoms with Gasteiger partial charge in [0.05, 0.1) is 6.10 Å². The first-order valence-electron chi connectivity index (χ1n) is 5.29. The summed E-state index contributed by atoms with van der Waals surface area (Å²) in [5, 5.41) is 11.4. The molecule has 3 N–H and O–H groups in total. The molecule has 0 saturated carbocycles. The Hall–Kier alpha value is -1.71. The molecule has 4 heteroatoms. The van der Waals surface area contributed by atoms with Crippen LogP contribution in [0.3, 0.4) is 0 Å². The summed E-state index contributed by atoms with van der Waals surface area (Å²) in [7, 11) is 0. The normalized spacial score (nSPS) is 13.9. The monoisotopic (exact) mass is 222 g/mol. The predicted molar refractivity (Wildman–Crippen MR) is 63.9 cm³/mol. The van der Waals surface area contributed by atoms with Crippen LogP contribution in [-0.4, -0.2) is 17.1 Å². The maximum absolute atomic E-state index is 8.51. The lowest BCUT2D eigenvalue weighted by atomic mass is 10.1. The molecule has 0 radical (unpaired) electrons. The number of hydrogen-bond donors (Lipinski definition) is 2. The summed E-state index contributed by atoms with van der Waals surface area (Å²) in [6, 6.07) is 7.15. The Labute approximate surface area is 95.7 Å². The Balaban J connectivity index is 2.72. The Morgan fingerprint density at radius 2 is 1.81 bits per heavy atom. The van der Waals surface area contributed by atoms with Crippen molar-refractivity contribution in [2.24, 2.45) is 16.8 Å². The van der Waals surface area contributed by atoms with Gasteiger partial charge in [0.1, 0.15) is 5.75 Å². The standard InChI is InChI=1S/C12H18N2O2/c1-8(2)9(3)16-11-6-4-10(5-7-11)12(13)14-15/h4-9,15H,1-3H3,(H2,13,14). The molecule has 1 unspecified atom stereocenters. The Kier molecular flexibility index (Phi) is 4.17. The Bertz CT molecular complexity index is 358. The highest BCUT2D eigenvalue weighted by Gasteiger charge is 2.08. The smallest absolute Gasteiger partial charge is 0.170 e. The van der Waals surface area contributed by atoms with Gasteiger partial charge in [0.25, 0.3) is 0 Å². The second-order valence-electron chi connectivity index (χ2n) is 4.08. The number of benzene rings is 1. The van der Waals surface area contributed by atoms with Crippen molar-refractivity contribution < 1.29 is 9.94 Å². The van der Waals surface area contributed by atoms with Crippen LogP contribution in [0.1, 0.15) is 26.3 Å². The third-order valence-electron chi connectivity index (χ3n) is 2.52. The van der Waals surface area contributed by atoms with E-state index in [4.69, 9.17) is 15.7 Å². The molecule has 0 aromatic heterocycles. The molecule has 0 saturated heterocycles. The molecule has 1 aromatic rings. The molecule has 0 aliphatic rings. The average molecular weight is 222 g/mol. The van der Waals surface area contributed by atoms with Crippen LogP contribution in [0.2, 0.25) is 0 Å². The molecule has 0 fully saturated rings. The molecule has 0 heterocycles. The molecular weight excluding hydrogens is 204 g/mol. The molecule has 4 nitrogen and oxygen atoms in total. The van der Waals surface area contributed by atoms with Gasteiger partial charge >= 0.3 is 0 Å². The van der Waals surface area contributed by atoms with Crippen LogP contribution in [0.25, 0.3) is 0 Å². The number of amidine groups is 1. The van der Waals surface area contributed by atoms with Crippen molar-refractivity contribution in [3.63, 3.8) is 0 Å². The van der Waals surface area contributed by atoms with E-state index in [-0.39, 0.29) is 11.9 Å². The number of ether oxygens (including phenoxy) is 1. The van der Waals surface area contributed by atoms with Crippen molar-refractivity contribution >= 4 is 5.84 Å². The van der Waals surface area contributed by atoms with E-state index in [0.717, 1.165) is 5.75 Å². The summed E-state index contributed by atoms with van der Waals surface area (Å²) >= 11 is 0. The minimum atomic E-state index is 0.100. The fourth-order valence-corrected chi connectivity index (χ4v) is 1.11. The number of nitrogens with two attached hydrogens (primary N) is 1. The highest BCUT2D eigenvalue weighted by atomic mass is 16.5. The van der Waals surface area contributed by atoms with Crippen molar-refractivity contribution in [1.82, 2.24) is 0 Å². The highest BCUT2D eigenvalue weighted by Crippen LogP contribution is 2.16. The van der Waals surface area contributed by atoms with Crippen LogP contribution in [0.15, 0.2) is 29.4 Å². The average Bonchev–Trinajstić information content (AvgIpc) is 2.28. The molecule has 0 aliphatic heterocycles. The van der Waals surface area contributed by atoms with Crippen molar-refractivity contribution in [2.75, 3.05) is 0 Å². The second-order valence-corrected chi connectivity index (χ2v) is 4.08. The Morgan fingerprint density at radius 3 is 2.25 bits per heavy atom. The molecule has 1 rings (SSSR count). The van der Waals surface area contributed by atoms with Crippen LogP contribution >= 0.6 is 0 Å². The van der Waals surface area contributed by atoms with Gasteiger partial charge < -0.3 is 15.7 Å². The molecule has 0 spiro atoms. The minimum absolute atomic E-state index is 0.100. The van der Waals surface area contributed by atoms with Crippen molar-refractivity contribution in [2.45, 2.75) is 26.9 Å². The maximum atomic E-state index is 8.51. The van der Waals surface area contributed by atoms with Crippen molar-refractivity contribution in [3.05, 3.63) is 29.8 Å². The van der Waals surface area contributed by atoms with Crippen LogP contribution in [0.4, 0.5) is 0 Å². The maximum Gasteiger partial charge on any atom is 0.170 e. The zero-order valence-electron chi connectivity index (χ0n) is 9.84. The lowest BCUT2D eigenvalue weighted by Crippen LogP contribution is -2.18. The zero-order chi connectivity index (χ0) is 12.1. The van der Waals surface area contributed by atoms with Gasteiger partial charge in [-0.2, -0.15) is 0 Å². The van der Waals surface area contributed by atoms with E-state index >= 15 is 0 Å². The molecular formula is C12H18N2O2. The van der Waals surface area contributed by atoms with Crippen molar-refractivity contribution in [3.8, 4) is 5.75 Å². The van der Waals surface area contributed by atoms with E-state index in [0.29, 0.717) is 11.5 Å². The molecule has 0 amide bonds. The van der Waals surface area contributed by atoms with Gasteiger partial charge in [0, 0.05) is 5.56 Å². The first-order chi connectivity index (χ1) is 7.54. The molecule has 0 aliphatic carbocycles. The summed E-state index contributed by atoms with van der Waals surface area (Å²) in [5.41, 5.74) is 6.13.